The van der Waals surface area contributed by atoms with Crippen LogP contribution in [-0.2, 0) is 5.41 Å². The number of nitrogens with zero attached hydrogens (tertiary/aromatic N) is 1. The van der Waals surface area contributed by atoms with Crippen molar-refractivity contribution in [3.63, 3.8) is 0 Å². The molecule has 0 heterocycles. The van der Waals surface area contributed by atoms with Crippen LogP contribution in [0.1, 0.15) is 36.8 Å². The Balaban J connectivity index is 2.19. The Labute approximate surface area is 120 Å². The highest BCUT2D eigenvalue weighted by Crippen LogP contribution is 2.46. The van der Waals surface area contributed by atoms with Crippen molar-refractivity contribution in [2.45, 2.75) is 31.1 Å². The number of rotatable bonds is 3. The minimum atomic E-state index is -0.487. The summed E-state index contributed by atoms with van der Waals surface area (Å²) in [5.41, 5.74) is 1.79. The molecule has 0 N–H and O–H groups in total. The monoisotopic (exact) mass is 261 g/mol. The van der Waals surface area contributed by atoms with E-state index in [4.69, 9.17) is 0 Å². The summed E-state index contributed by atoms with van der Waals surface area (Å²) in [6.45, 7) is 0. The Morgan fingerprint density at radius 3 is 1.65 bits per heavy atom. The van der Waals surface area contributed by atoms with Gasteiger partial charge in [0.1, 0.15) is 5.41 Å². The maximum absolute atomic E-state index is 10.1. The van der Waals surface area contributed by atoms with Gasteiger partial charge < -0.3 is 0 Å². The van der Waals surface area contributed by atoms with Gasteiger partial charge in [0, 0.05) is 0 Å². The molecule has 20 heavy (non-hydrogen) atoms. The van der Waals surface area contributed by atoms with Crippen LogP contribution in [0, 0.1) is 17.2 Å². The van der Waals surface area contributed by atoms with Crippen LogP contribution in [0.3, 0.4) is 0 Å². The van der Waals surface area contributed by atoms with Crippen LogP contribution in [0.5, 0.6) is 0 Å². The van der Waals surface area contributed by atoms with E-state index < -0.39 is 5.41 Å². The molecule has 0 aliphatic heterocycles. The highest BCUT2D eigenvalue weighted by atomic mass is 14.5. The molecular weight excluding hydrogens is 242 g/mol. The molecule has 1 fully saturated rings. The molecule has 0 radical (unpaired) electrons. The zero-order chi connectivity index (χ0) is 13.8. The molecule has 2 aromatic rings. The van der Waals surface area contributed by atoms with Gasteiger partial charge in [-0.25, -0.2) is 0 Å². The SMILES string of the molecule is N#CC(c1ccccc1)(c1ccccc1)C1CCCC1. The lowest BCUT2D eigenvalue weighted by Crippen LogP contribution is -2.33. The number of nitriles is 1. The second-order valence-electron chi connectivity index (χ2n) is 5.63. The van der Waals surface area contributed by atoms with Crippen molar-refractivity contribution < 1.29 is 0 Å². The third-order valence-electron chi connectivity index (χ3n) is 4.60. The molecule has 1 aliphatic rings. The summed E-state index contributed by atoms with van der Waals surface area (Å²) in [5, 5.41) is 10.1. The second kappa shape index (κ2) is 5.51. The van der Waals surface area contributed by atoms with Gasteiger partial charge in [0.2, 0.25) is 0 Å². The van der Waals surface area contributed by atoms with Crippen LogP contribution >= 0.6 is 0 Å². The van der Waals surface area contributed by atoms with Crippen LogP contribution in [-0.4, -0.2) is 0 Å². The van der Waals surface area contributed by atoms with Gasteiger partial charge in [0.05, 0.1) is 6.07 Å². The van der Waals surface area contributed by atoms with E-state index in [1.807, 2.05) is 36.4 Å². The first-order valence-corrected chi connectivity index (χ1v) is 7.40. The van der Waals surface area contributed by atoms with Crippen LogP contribution in [0.2, 0.25) is 0 Å². The van der Waals surface area contributed by atoms with Gasteiger partial charge >= 0.3 is 0 Å². The smallest absolute Gasteiger partial charge is 0.110 e. The number of hydrogen-bond acceptors (Lipinski definition) is 1. The normalized spacial score (nSPS) is 15.9. The van der Waals surface area contributed by atoms with Crippen molar-refractivity contribution in [2.24, 2.45) is 5.92 Å². The predicted molar refractivity (Wildman–Crippen MR) is 81.2 cm³/mol. The van der Waals surface area contributed by atoms with Gasteiger partial charge in [-0.3, -0.25) is 0 Å². The molecule has 1 nitrogen and oxygen atoms in total. The summed E-state index contributed by atoms with van der Waals surface area (Å²) in [6, 6.07) is 23.3. The molecule has 2 aromatic carbocycles. The maximum atomic E-state index is 10.1. The summed E-state index contributed by atoms with van der Waals surface area (Å²) in [6.07, 6.45) is 4.79. The molecule has 0 bridgehead atoms. The average Bonchev–Trinajstić information content (AvgIpc) is 3.06. The maximum Gasteiger partial charge on any atom is 0.110 e. The van der Waals surface area contributed by atoms with Gasteiger partial charge in [0.25, 0.3) is 0 Å². The molecule has 0 saturated heterocycles. The molecule has 100 valence electrons. The van der Waals surface area contributed by atoms with Crippen LogP contribution in [0.25, 0.3) is 0 Å². The fourth-order valence-corrected chi connectivity index (χ4v) is 3.62. The van der Waals surface area contributed by atoms with E-state index in [-0.39, 0.29) is 0 Å². The fraction of sp³-hybridized carbons (Fsp3) is 0.316. The van der Waals surface area contributed by atoms with Crippen molar-refractivity contribution >= 4 is 0 Å². The summed E-state index contributed by atoms with van der Waals surface area (Å²) >= 11 is 0. The molecule has 0 amide bonds. The molecule has 0 unspecified atom stereocenters. The molecule has 3 rings (SSSR count). The largest absolute Gasteiger partial charge is 0.197 e. The van der Waals surface area contributed by atoms with Crippen molar-refractivity contribution in [2.75, 3.05) is 0 Å². The van der Waals surface area contributed by atoms with Crippen LogP contribution < -0.4 is 0 Å². The third kappa shape index (κ3) is 2.02. The lowest BCUT2D eigenvalue weighted by Gasteiger charge is -2.34. The predicted octanol–water partition coefficient (Wildman–Crippen LogP) is 4.69. The van der Waals surface area contributed by atoms with Gasteiger partial charge in [-0.05, 0) is 29.9 Å². The van der Waals surface area contributed by atoms with Crippen molar-refractivity contribution in [3.05, 3.63) is 71.8 Å². The molecular formula is C19H19N. The first-order valence-electron chi connectivity index (χ1n) is 7.40. The first kappa shape index (κ1) is 12.9. The summed E-state index contributed by atoms with van der Waals surface area (Å²) in [4.78, 5) is 0. The van der Waals surface area contributed by atoms with Crippen LogP contribution in [0.15, 0.2) is 60.7 Å². The van der Waals surface area contributed by atoms with E-state index in [0.717, 1.165) is 24.0 Å². The molecule has 1 saturated carbocycles. The van der Waals surface area contributed by atoms with E-state index in [1.54, 1.807) is 0 Å². The first-order chi connectivity index (χ1) is 9.88. The van der Waals surface area contributed by atoms with Crippen molar-refractivity contribution in [1.29, 1.82) is 5.26 Å². The zero-order valence-corrected chi connectivity index (χ0v) is 11.6. The van der Waals surface area contributed by atoms with E-state index in [1.165, 1.54) is 12.8 Å². The molecule has 0 spiro atoms. The van der Waals surface area contributed by atoms with Gasteiger partial charge in [-0.1, -0.05) is 73.5 Å². The van der Waals surface area contributed by atoms with Crippen LogP contribution in [0.4, 0.5) is 0 Å². The quantitative estimate of drug-likeness (QED) is 0.786. The summed E-state index contributed by atoms with van der Waals surface area (Å²) in [5.74, 6) is 0.428. The van der Waals surface area contributed by atoms with E-state index >= 15 is 0 Å². The number of hydrogen-bond donors (Lipinski definition) is 0. The van der Waals surface area contributed by atoms with Gasteiger partial charge in [-0.15, -0.1) is 0 Å². The fourth-order valence-electron chi connectivity index (χ4n) is 3.62. The average molecular weight is 261 g/mol. The topological polar surface area (TPSA) is 23.8 Å². The molecule has 1 aliphatic carbocycles. The molecule has 1 heteroatoms. The standard InChI is InChI=1S/C19H19N/c20-15-19(18-13-7-8-14-18,16-9-3-1-4-10-16)17-11-5-2-6-12-17/h1-6,9-12,18H,7-8,13-14H2. The lowest BCUT2D eigenvalue weighted by molar-refractivity contribution is 0.402. The van der Waals surface area contributed by atoms with Crippen molar-refractivity contribution in [3.8, 4) is 6.07 Å². The highest BCUT2D eigenvalue weighted by molar-refractivity contribution is 5.47. The van der Waals surface area contributed by atoms with E-state index in [0.29, 0.717) is 5.92 Å². The van der Waals surface area contributed by atoms with Gasteiger partial charge in [-0.2, -0.15) is 5.26 Å². The Bertz CT molecular complexity index is 549. The zero-order valence-electron chi connectivity index (χ0n) is 11.6. The minimum Gasteiger partial charge on any atom is -0.197 e. The minimum absolute atomic E-state index is 0.428. The number of benzene rings is 2. The van der Waals surface area contributed by atoms with Crippen molar-refractivity contribution in [1.82, 2.24) is 0 Å². The van der Waals surface area contributed by atoms with E-state index in [9.17, 15) is 5.26 Å². The Morgan fingerprint density at radius 2 is 1.25 bits per heavy atom. The van der Waals surface area contributed by atoms with Gasteiger partial charge in [0.15, 0.2) is 0 Å². The third-order valence-corrected chi connectivity index (χ3v) is 4.60. The van der Waals surface area contributed by atoms with E-state index in [2.05, 4.69) is 30.3 Å². The molecule has 0 aromatic heterocycles. The second-order valence-corrected chi connectivity index (χ2v) is 5.63. The Morgan fingerprint density at radius 1 is 0.800 bits per heavy atom. The molecule has 0 atom stereocenters. The Kier molecular flexibility index (Phi) is 3.56. The lowest BCUT2D eigenvalue weighted by atomic mass is 9.66. The summed E-state index contributed by atoms with van der Waals surface area (Å²) in [7, 11) is 0. The summed E-state index contributed by atoms with van der Waals surface area (Å²) < 4.78 is 0. The highest BCUT2D eigenvalue weighted by Gasteiger charge is 2.43. The Hall–Kier alpha value is -2.07.